The molecule has 0 saturated heterocycles. The molecule has 2 aliphatic rings. The second-order valence-corrected chi connectivity index (χ2v) is 9.86. The Bertz CT molecular complexity index is 1480. The Hall–Kier alpha value is -4.72. The van der Waals surface area contributed by atoms with Gasteiger partial charge in [-0.3, -0.25) is 19.7 Å². The van der Waals surface area contributed by atoms with E-state index in [9.17, 15) is 9.59 Å². The van der Waals surface area contributed by atoms with Gasteiger partial charge in [0.05, 0.1) is 22.8 Å². The van der Waals surface area contributed by atoms with Crippen molar-refractivity contribution < 1.29 is 9.59 Å². The highest BCUT2D eigenvalue weighted by Crippen LogP contribution is 2.39. The van der Waals surface area contributed by atoms with E-state index in [2.05, 4.69) is 39.1 Å². The van der Waals surface area contributed by atoms with Crippen LogP contribution in [-0.2, 0) is 4.79 Å². The molecule has 2 atom stereocenters. The van der Waals surface area contributed by atoms with Crippen molar-refractivity contribution >= 4 is 29.0 Å². The van der Waals surface area contributed by atoms with Gasteiger partial charge in [0.25, 0.3) is 0 Å². The first-order valence-corrected chi connectivity index (χ1v) is 13.0. The smallest absolute Gasteiger partial charge is 0.330 e. The van der Waals surface area contributed by atoms with Gasteiger partial charge in [-0.05, 0) is 63.0 Å². The molecule has 3 N–H and O–H groups in total. The summed E-state index contributed by atoms with van der Waals surface area (Å²) in [5.74, 6) is -0.156. The van der Waals surface area contributed by atoms with E-state index in [0.29, 0.717) is 11.4 Å². The summed E-state index contributed by atoms with van der Waals surface area (Å²) in [6.07, 6.45) is 7.32. The molecule has 1 unspecified atom stereocenters. The molecular weight excluding hydrogens is 488 g/mol. The molecule has 3 heterocycles. The summed E-state index contributed by atoms with van der Waals surface area (Å²) in [7, 11) is 0. The molecule has 198 valence electrons. The maximum Gasteiger partial charge on any atom is 0.330 e. The largest absolute Gasteiger partial charge is 0.382 e. The third-order valence-corrected chi connectivity index (χ3v) is 7.29. The zero-order valence-electron chi connectivity index (χ0n) is 22.2. The van der Waals surface area contributed by atoms with Crippen LogP contribution in [0.5, 0.6) is 0 Å². The minimum absolute atomic E-state index is 0.102. The Morgan fingerprint density at radius 3 is 2.54 bits per heavy atom. The number of hydrogen-bond donors (Lipinski definition) is 3. The lowest BCUT2D eigenvalue weighted by Gasteiger charge is -2.33. The molecular formula is C31H32N6O2. The van der Waals surface area contributed by atoms with Gasteiger partial charge in [0.2, 0.25) is 5.91 Å². The van der Waals surface area contributed by atoms with Crippen molar-refractivity contribution in [1.82, 2.24) is 25.9 Å². The standard InChI is InChI=1S/C31H32N6O2/c1-5-28(38)35-24-12-11-23(17-24)34-20(3)19(2)30-29-21(4)32-16-14-27(29)37(31(39)36-30)25-13-15-33-26(18-25)22-9-7-6-8-10-22/h5-10,13-16,18,23-24,34H,1,3,11-12,17H2,2,4H3,(H,35,38)(H,36,39)/b30-19-/t23?,24-/m1/s1. The molecule has 8 nitrogen and oxygen atoms in total. The Morgan fingerprint density at radius 1 is 1.08 bits per heavy atom. The number of nitrogens with zero attached hydrogens (tertiary/aromatic N) is 3. The van der Waals surface area contributed by atoms with Gasteiger partial charge in [-0.2, -0.15) is 0 Å². The number of carbonyl (C=O) groups is 2. The summed E-state index contributed by atoms with van der Waals surface area (Å²) in [5, 5.41) is 9.59. The molecule has 3 aromatic rings. The molecule has 8 heteroatoms. The van der Waals surface area contributed by atoms with E-state index >= 15 is 0 Å². The minimum Gasteiger partial charge on any atom is -0.382 e. The zero-order valence-corrected chi connectivity index (χ0v) is 22.2. The molecule has 1 fully saturated rings. The van der Waals surface area contributed by atoms with Gasteiger partial charge in [0.1, 0.15) is 0 Å². The first kappa shape index (κ1) is 25.9. The summed E-state index contributed by atoms with van der Waals surface area (Å²) in [6, 6.07) is 15.5. The van der Waals surface area contributed by atoms with Gasteiger partial charge in [-0.25, -0.2) is 4.79 Å². The van der Waals surface area contributed by atoms with Gasteiger partial charge in [0.15, 0.2) is 0 Å². The first-order valence-electron chi connectivity index (χ1n) is 13.0. The van der Waals surface area contributed by atoms with Crippen LogP contribution in [0.15, 0.2) is 91.4 Å². The van der Waals surface area contributed by atoms with E-state index in [1.165, 1.54) is 6.08 Å². The van der Waals surface area contributed by atoms with Crippen molar-refractivity contribution in [3.8, 4) is 11.3 Å². The van der Waals surface area contributed by atoms with Crippen LogP contribution in [0.1, 0.15) is 37.4 Å². The second kappa shape index (κ2) is 10.9. The van der Waals surface area contributed by atoms with Gasteiger partial charge in [-0.1, -0.05) is 43.5 Å². The number of fused-ring (bicyclic) bond motifs is 1. The SMILES string of the molecule is C=CC(=O)N[C@@H]1CCC(NC(=C)/C(C)=C2\NC(=O)N(c3ccnc(-c4ccccc4)c3)c3ccnc(C)c32)C1. The van der Waals surface area contributed by atoms with Crippen LogP contribution in [0, 0.1) is 6.92 Å². The van der Waals surface area contributed by atoms with Gasteiger partial charge >= 0.3 is 6.03 Å². The number of urea groups is 1. The first-order chi connectivity index (χ1) is 18.9. The quantitative estimate of drug-likeness (QED) is 0.364. The molecule has 1 aliphatic carbocycles. The Kier molecular flexibility index (Phi) is 7.27. The highest BCUT2D eigenvalue weighted by molar-refractivity contribution is 6.10. The predicted molar refractivity (Wildman–Crippen MR) is 154 cm³/mol. The normalized spacial score (nSPS) is 19.5. The molecule has 1 aliphatic heterocycles. The topological polar surface area (TPSA) is 99.2 Å². The second-order valence-electron chi connectivity index (χ2n) is 9.86. The van der Waals surface area contributed by atoms with Gasteiger partial charge < -0.3 is 16.0 Å². The average molecular weight is 521 g/mol. The number of aromatic nitrogens is 2. The maximum atomic E-state index is 13.6. The van der Waals surface area contributed by atoms with Crippen molar-refractivity contribution in [1.29, 1.82) is 0 Å². The molecule has 2 aromatic heterocycles. The lowest BCUT2D eigenvalue weighted by molar-refractivity contribution is -0.117. The van der Waals surface area contributed by atoms with Crippen molar-refractivity contribution in [2.24, 2.45) is 0 Å². The maximum absolute atomic E-state index is 13.6. The fraction of sp³-hybridized carbons (Fsp3) is 0.226. The van der Waals surface area contributed by atoms with Crippen molar-refractivity contribution in [2.75, 3.05) is 4.90 Å². The molecule has 5 rings (SSSR count). The third-order valence-electron chi connectivity index (χ3n) is 7.29. The van der Waals surface area contributed by atoms with Crippen LogP contribution in [0.2, 0.25) is 0 Å². The van der Waals surface area contributed by atoms with E-state index in [1.54, 1.807) is 17.3 Å². The van der Waals surface area contributed by atoms with Crippen molar-refractivity contribution in [3.63, 3.8) is 0 Å². The minimum atomic E-state index is -0.270. The van der Waals surface area contributed by atoms with Crippen molar-refractivity contribution in [3.05, 3.63) is 103 Å². The molecule has 3 amide bonds. The number of pyridine rings is 2. The lowest BCUT2D eigenvalue weighted by Crippen LogP contribution is -2.42. The summed E-state index contributed by atoms with van der Waals surface area (Å²) in [6.45, 7) is 11.7. The number of allylic oxidation sites excluding steroid dienone is 1. The van der Waals surface area contributed by atoms with Crippen LogP contribution in [-0.4, -0.2) is 34.0 Å². The molecule has 1 saturated carbocycles. The molecule has 39 heavy (non-hydrogen) atoms. The molecule has 0 spiro atoms. The van der Waals surface area contributed by atoms with Crippen LogP contribution in [0.4, 0.5) is 16.2 Å². The number of rotatable bonds is 7. The molecule has 1 aromatic carbocycles. The van der Waals surface area contributed by atoms with Crippen LogP contribution in [0.25, 0.3) is 17.0 Å². The summed E-state index contributed by atoms with van der Waals surface area (Å²) < 4.78 is 0. The van der Waals surface area contributed by atoms with E-state index in [1.807, 2.05) is 62.4 Å². The zero-order chi connectivity index (χ0) is 27.5. The average Bonchev–Trinajstić information content (AvgIpc) is 3.39. The number of benzene rings is 1. The van der Waals surface area contributed by atoms with E-state index in [-0.39, 0.29) is 24.0 Å². The third kappa shape index (κ3) is 5.31. The van der Waals surface area contributed by atoms with E-state index in [4.69, 9.17) is 0 Å². The predicted octanol–water partition coefficient (Wildman–Crippen LogP) is 5.37. The number of amides is 3. The summed E-state index contributed by atoms with van der Waals surface area (Å²) in [5.41, 5.74) is 7.08. The fourth-order valence-electron chi connectivity index (χ4n) is 5.26. The highest BCUT2D eigenvalue weighted by Gasteiger charge is 2.32. The number of aryl methyl sites for hydroxylation is 1. The Labute approximate surface area is 228 Å². The van der Waals surface area contributed by atoms with Gasteiger partial charge in [-0.15, -0.1) is 0 Å². The monoisotopic (exact) mass is 520 g/mol. The summed E-state index contributed by atoms with van der Waals surface area (Å²) >= 11 is 0. The number of hydrogen-bond acceptors (Lipinski definition) is 5. The number of carbonyl (C=O) groups excluding carboxylic acids is 2. The molecule has 0 bridgehead atoms. The van der Waals surface area contributed by atoms with Crippen LogP contribution in [0.3, 0.4) is 0 Å². The van der Waals surface area contributed by atoms with Crippen molar-refractivity contribution in [2.45, 2.75) is 45.2 Å². The highest BCUT2D eigenvalue weighted by atomic mass is 16.2. The van der Waals surface area contributed by atoms with Crippen LogP contribution < -0.4 is 20.9 Å². The Balaban J connectivity index is 1.44. The molecule has 0 radical (unpaired) electrons. The van der Waals surface area contributed by atoms with Crippen LogP contribution >= 0.6 is 0 Å². The van der Waals surface area contributed by atoms with Gasteiger partial charge in [0, 0.05) is 47.0 Å². The lowest BCUT2D eigenvalue weighted by atomic mass is 9.99. The summed E-state index contributed by atoms with van der Waals surface area (Å²) in [4.78, 5) is 36.0. The Morgan fingerprint density at radius 2 is 1.79 bits per heavy atom. The fourth-order valence-corrected chi connectivity index (χ4v) is 5.26. The number of nitrogens with one attached hydrogen (secondary N) is 3. The number of anilines is 2. The van der Waals surface area contributed by atoms with E-state index in [0.717, 1.165) is 58.7 Å². The van der Waals surface area contributed by atoms with E-state index < -0.39 is 0 Å².